The van der Waals surface area contributed by atoms with Crippen LogP contribution in [0.2, 0.25) is 0 Å². The first-order valence-corrected chi connectivity index (χ1v) is 10.8. The number of nitrogens with zero attached hydrogens (tertiary/aromatic N) is 1. The number of aromatic hydroxyl groups is 1. The first-order valence-electron chi connectivity index (χ1n) is 10.1. The van der Waals surface area contributed by atoms with E-state index in [-0.39, 0.29) is 5.75 Å². The lowest BCUT2D eigenvalue weighted by molar-refractivity contribution is 0.470. The minimum Gasteiger partial charge on any atom is -0.506 e. The number of phenols is 1. The van der Waals surface area contributed by atoms with Crippen molar-refractivity contribution in [1.29, 1.82) is 0 Å². The molecule has 29 heavy (non-hydrogen) atoms. The highest BCUT2D eigenvalue weighted by molar-refractivity contribution is 9.10. The van der Waals surface area contributed by atoms with E-state index >= 15 is 0 Å². The molecular formula is C26H28BrNO. The Morgan fingerprint density at radius 1 is 0.862 bits per heavy atom. The Morgan fingerprint density at radius 3 is 2.00 bits per heavy atom. The molecule has 0 unspecified atom stereocenters. The first kappa shape index (κ1) is 21.3. The summed E-state index contributed by atoms with van der Waals surface area (Å²) in [6.07, 6.45) is 0. The van der Waals surface area contributed by atoms with Gasteiger partial charge in [-0.15, -0.1) is 0 Å². The molecule has 0 saturated heterocycles. The Bertz CT molecular complexity index is 1010. The summed E-state index contributed by atoms with van der Waals surface area (Å²) in [6, 6.07) is 20.4. The van der Waals surface area contributed by atoms with E-state index in [1.54, 1.807) is 0 Å². The molecule has 0 aromatic heterocycles. The third-order valence-corrected chi connectivity index (χ3v) is 5.68. The molecule has 3 rings (SSSR count). The summed E-state index contributed by atoms with van der Waals surface area (Å²) in [5.74, 6) is 0.913. The average Bonchev–Trinajstić information content (AvgIpc) is 2.69. The van der Waals surface area contributed by atoms with Gasteiger partial charge in [-0.05, 0) is 63.5 Å². The Kier molecular flexibility index (Phi) is 6.59. The van der Waals surface area contributed by atoms with Crippen molar-refractivity contribution in [3.63, 3.8) is 0 Å². The van der Waals surface area contributed by atoms with E-state index in [9.17, 15) is 5.11 Å². The maximum Gasteiger partial charge on any atom is 0.139 e. The van der Waals surface area contributed by atoms with Gasteiger partial charge < -0.3 is 5.11 Å². The predicted molar refractivity (Wildman–Crippen MR) is 127 cm³/mol. The Morgan fingerprint density at radius 2 is 1.45 bits per heavy atom. The summed E-state index contributed by atoms with van der Waals surface area (Å²) in [6.45, 7) is 10.8. The van der Waals surface area contributed by atoms with Crippen molar-refractivity contribution in [3.05, 3.63) is 93.0 Å². The SMILES string of the molecule is Cc1cc(Br)c(O)c(C(=Nc2c(C(C)C)cccc2C(C)C)c2ccccc2)c1. The maximum atomic E-state index is 10.9. The highest BCUT2D eigenvalue weighted by Gasteiger charge is 2.19. The van der Waals surface area contributed by atoms with Crippen molar-refractivity contribution in [2.24, 2.45) is 4.99 Å². The summed E-state index contributed by atoms with van der Waals surface area (Å²) in [5, 5.41) is 10.9. The van der Waals surface area contributed by atoms with Crippen LogP contribution in [0.15, 0.2) is 70.1 Å². The number of para-hydroxylation sites is 1. The summed E-state index contributed by atoms with van der Waals surface area (Å²) in [4.78, 5) is 5.22. The van der Waals surface area contributed by atoms with Gasteiger partial charge in [-0.2, -0.15) is 0 Å². The molecule has 0 fully saturated rings. The fourth-order valence-corrected chi connectivity index (χ4v) is 4.12. The summed E-state index contributed by atoms with van der Waals surface area (Å²) < 4.78 is 0.678. The molecule has 0 heterocycles. The van der Waals surface area contributed by atoms with Crippen LogP contribution in [0.1, 0.15) is 67.3 Å². The molecule has 0 aliphatic rings. The second-order valence-electron chi connectivity index (χ2n) is 8.06. The Balaban J connectivity index is 2.37. The number of aliphatic imine (C=N–C) groups is 1. The molecule has 3 aromatic carbocycles. The fraction of sp³-hybridized carbons (Fsp3) is 0.269. The number of hydrogen-bond acceptors (Lipinski definition) is 2. The van der Waals surface area contributed by atoms with Crippen molar-refractivity contribution in [2.75, 3.05) is 0 Å². The van der Waals surface area contributed by atoms with E-state index in [1.807, 2.05) is 49.4 Å². The van der Waals surface area contributed by atoms with Crippen molar-refractivity contribution in [1.82, 2.24) is 0 Å². The van der Waals surface area contributed by atoms with Crippen LogP contribution in [0, 0.1) is 6.92 Å². The second-order valence-corrected chi connectivity index (χ2v) is 8.92. The topological polar surface area (TPSA) is 32.6 Å². The van der Waals surface area contributed by atoms with Crippen LogP contribution < -0.4 is 0 Å². The van der Waals surface area contributed by atoms with Gasteiger partial charge in [-0.1, -0.05) is 76.2 Å². The maximum absolute atomic E-state index is 10.9. The van der Waals surface area contributed by atoms with E-state index in [4.69, 9.17) is 4.99 Å². The van der Waals surface area contributed by atoms with Gasteiger partial charge >= 0.3 is 0 Å². The van der Waals surface area contributed by atoms with Gasteiger partial charge in [0.15, 0.2) is 0 Å². The lowest BCUT2D eigenvalue weighted by atomic mass is 9.92. The Hall–Kier alpha value is -2.39. The normalized spacial score (nSPS) is 12.1. The van der Waals surface area contributed by atoms with Gasteiger partial charge in [0.05, 0.1) is 15.9 Å². The molecule has 2 nitrogen and oxygen atoms in total. The van der Waals surface area contributed by atoms with Gasteiger partial charge in [0.25, 0.3) is 0 Å². The molecule has 0 atom stereocenters. The molecule has 0 aliphatic heterocycles. The van der Waals surface area contributed by atoms with Crippen molar-refractivity contribution >= 4 is 27.3 Å². The van der Waals surface area contributed by atoms with Crippen LogP contribution >= 0.6 is 15.9 Å². The lowest BCUT2D eigenvalue weighted by Crippen LogP contribution is -2.06. The van der Waals surface area contributed by atoms with Crippen LogP contribution in [0.25, 0.3) is 0 Å². The van der Waals surface area contributed by atoms with E-state index in [0.717, 1.165) is 28.1 Å². The molecule has 0 aliphatic carbocycles. The third kappa shape index (κ3) is 4.62. The lowest BCUT2D eigenvalue weighted by Gasteiger charge is -2.19. The molecule has 0 amide bonds. The molecule has 0 radical (unpaired) electrons. The molecule has 3 aromatic rings. The first-order chi connectivity index (χ1) is 13.8. The van der Waals surface area contributed by atoms with Crippen LogP contribution in [0.5, 0.6) is 5.75 Å². The number of halogens is 1. The van der Waals surface area contributed by atoms with Crippen molar-refractivity contribution < 1.29 is 5.11 Å². The second kappa shape index (κ2) is 8.96. The molecule has 1 N–H and O–H groups in total. The minimum absolute atomic E-state index is 0.214. The van der Waals surface area contributed by atoms with E-state index < -0.39 is 0 Å². The van der Waals surface area contributed by atoms with Crippen LogP contribution in [0.3, 0.4) is 0 Å². The number of hydrogen-bond donors (Lipinski definition) is 1. The van der Waals surface area contributed by atoms with Gasteiger partial charge in [-0.25, -0.2) is 4.99 Å². The van der Waals surface area contributed by atoms with Gasteiger partial charge in [-0.3, -0.25) is 0 Å². The van der Waals surface area contributed by atoms with Crippen LogP contribution in [-0.4, -0.2) is 10.8 Å². The van der Waals surface area contributed by atoms with Gasteiger partial charge in [0.1, 0.15) is 5.75 Å². The van der Waals surface area contributed by atoms with Gasteiger partial charge in [0.2, 0.25) is 0 Å². The van der Waals surface area contributed by atoms with Crippen molar-refractivity contribution in [2.45, 2.75) is 46.5 Å². The highest BCUT2D eigenvalue weighted by atomic mass is 79.9. The molecule has 0 spiro atoms. The standard InChI is InChI=1S/C26H28BrNO/c1-16(2)20-12-9-13-21(17(3)4)25(20)28-24(19-10-7-6-8-11-19)22-14-18(5)15-23(27)26(22)29/h6-17,29H,1-5H3. The molecular weight excluding hydrogens is 422 g/mol. The zero-order valence-corrected chi connectivity index (χ0v) is 19.3. The fourth-order valence-electron chi connectivity index (χ4n) is 3.54. The van der Waals surface area contributed by atoms with Crippen LogP contribution in [-0.2, 0) is 0 Å². The summed E-state index contributed by atoms with van der Waals surface area (Å²) in [7, 11) is 0. The smallest absolute Gasteiger partial charge is 0.139 e. The quantitative estimate of drug-likeness (QED) is 0.394. The van der Waals surface area contributed by atoms with Crippen LogP contribution in [0.4, 0.5) is 5.69 Å². The molecule has 150 valence electrons. The minimum atomic E-state index is 0.214. The number of aryl methyl sites for hydroxylation is 1. The van der Waals surface area contributed by atoms with E-state index in [1.165, 1.54) is 11.1 Å². The number of benzene rings is 3. The van der Waals surface area contributed by atoms with Gasteiger partial charge in [0, 0.05) is 11.1 Å². The third-order valence-electron chi connectivity index (χ3n) is 5.08. The van der Waals surface area contributed by atoms with E-state index in [2.05, 4.69) is 61.8 Å². The summed E-state index contributed by atoms with van der Waals surface area (Å²) in [5.41, 5.74) is 7.00. The molecule has 3 heteroatoms. The molecule has 0 saturated carbocycles. The predicted octanol–water partition coefficient (Wildman–Crippen LogP) is 7.88. The zero-order valence-electron chi connectivity index (χ0n) is 17.7. The monoisotopic (exact) mass is 449 g/mol. The Labute approximate surface area is 182 Å². The number of phenolic OH excluding ortho intramolecular Hbond substituents is 1. The molecule has 0 bridgehead atoms. The van der Waals surface area contributed by atoms with E-state index in [0.29, 0.717) is 16.3 Å². The average molecular weight is 450 g/mol. The number of rotatable bonds is 5. The zero-order chi connectivity index (χ0) is 21.1. The van der Waals surface area contributed by atoms with Crippen molar-refractivity contribution in [3.8, 4) is 5.75 Å². The summed E-state index contributed by atoms with van der Waals surface area (Å²) >= 11 is 3.49. The highest BCUT2D eigenvalue weighted by Crippen LogP contribution is 2.37. The largest absolute Gasteiger partial charge is 0.506 e.